The third-order valence-corrected chi connectivity index (χ3v) is 2.76. The Hall–Kier alpha value is -1.96. The maximum Gasteiger partial charge on any atom is 0.254 e. The standard InChI is InChI=1S/C11H10FN3O/c12-9-3-2-8(6-14-9)10(16)15-11(7-13)4-1-5-11/h2-3,6H,1,4-5H2,(H,15,16). The molecule has 0 unspecified atom stereocenters. The number of carbonyl (C=O) groups is 1. The minimum absolute atomic E-state index is 0.267. The van der Waals surface area contributed by atoms with Crippen molar-refractivity contribution in [2.75, 3.05) is 0 Å². The van der Waals surface area contributed by atoms with Gasteiger partial charge in [0, 0.05) is 6.20 Å². The minimum Gasteiger partial charge on any atom is -0.334 e. The van der Waals surface area contributed by atoms with Crippen LogP contribution in [0.4, 0.5) is 4.39 Å². The normalized spacial score (nSPS) is 17.0. The van der Waals surface area contributed by atoms with Gasteiger partial charge in [0.05, 0.1) is 11.6 Å². The van der Waals surface area contributed by atoms with Crippen molar-refractivity contribution in [3.05, 3.63) is 29.8 Å². The largest absolute Gasteiger partial charge is 0.334 e. The summed E-state index contributed by atoms with van der Waals surface area (Å²) < 4.78 is 12.5. The minimum atomic E-state index is -0.731. The predicted octanol–water partition coefficient (Wildman–Crippen LogP) is 1.40. The van der Waals surface area contributed by atoms with Gasteiger partial charge in [-0.05, 0) is 31.4 Å². The second-order valence-corrected chi connectivity index (χ2v) is 3.87. The van der Waals surface area contributed by atoms with E-state index in [1.165, 1.54) is 6.07 Å². The van der Waals surface area contributed by atoms with E-state index < -0.39 is 11.5 Å². The monoisotopic (exact) mass is 219 g/mol. The maximum absolute atomic E-state index is 12.5. The first-order valence-corrected chi connectivity index (χ1v) is 5.00. The molecule has 1 heterocycles. The summed E-state index contributed by atoms with van der Waals surface area (Å²) in [5.74, 6) is -1.01. The molecule has 1 aromatic heterocycles. The Balaban J connectivity index is 2.09. The number of nitrogens with zero attached hydrogens (tertiary/aromatic N) is 2. The first kappa shape index (κ1) is 10.6. The zero-order chi connectivity index (χ0) is 11.6. The van der Waals surface area contributed by atoms with Crippen molar-refractivity contribution in [2.45, 2.75) is 24.8 Å². The van der Waals surface area contributed by atoms with E-state index in [2.05, 4.69) is 16.4 Å². The van der Waals surface area contributed by atoms with Crippen LogP contribution in [0.15, 0.2) is 18.3 Å². The van der Waals surface area contributed by atoms with Crippen LogP contribution in [0.3, 0.4) is 0 Å². The highest BCUT2D eigenvalue weighted by atomic mass is 19.1. The zero-order valence-electron chi connectivity index (χ0n) is 8.53. The van der Waals surface area contributed by atoms with Gasteiger partial charge in [-0.15, -0.1) is 0 Å². The van der Waals surface area contributed by atoms with Crippen LogP contribution in [0.2, 0.25) is 0 Å². The van der Waals surface area contributed by atoms with Gasteiger partial charge in [-0.3, -0.25) is 4.79 Å². The van der Waals surface area contributed by atoms with Crippen LogP contribution in [0.25, 0.3) is 0 Å². The van der Waals surface area contributed by atoms with Crippen molar-refractivity contribution in [3.8, 4) is 6.07 Å². The van der Waals surface area contributed by atoms with Gasteiger partial charge in [-0.2, -0.15) is 9.65 Å². The van der Waals surface area contributed by atoms with Crippen LogP contribution in [0, 0.1) is 17.3 Å². The second kappa shape index (κ2) is 3.89. The van der Waals surface area contributed by atoms with E-state index in [0.717, 1.165) is 18.7 Å². The number of nitriles is 1. The van der Waals surface area contributed by atoms with Crippen molar-refractivity contribution in [1.82, 2.24) is 10.3 Å². The maximum atomic E-state index is 12.5. The Morgan fingerprint density at radius 3 is 2.75 bits per heavy atom. The molecule has 4 nitrogen and oxygen atoms in total. The van der Waals surface area contributed by atoms with Gasteiger partial charge in [-0.1, -0.05) is 0 Å². The molecule has 0 bridgehead atoms. The van der Waals surface area contributed by atoms with Crippen LogP contribution in [0.1, 0.15) is 29.6 Å². The lowest BCUT2D eigenvalue weighted by Crippen LogP contribution is -2.52. The third kappa shape index (κ3) is 1.87. The topological polar surface area (TPSA) is 65.8 Å². The van der Waals surface area contributed by atoms with Gasteiger partial charge < -0.3 is 5.32 Å². The number of aromatic nitrogens is 1. The number of nitrogens with one attached hydrogen (secondary N) is 1. The summed E-state index contributed by atoms with van der Waals surface area (Å²) in [6, 6.07) is 4.57. The van der Waals surface area contributed by atoms with Gasteiger partial charge >= 0.3 is 0 Å². The first-order chi connectivity index (χ1) is 7.65. The summed E-state index contributed by atoms with van der Waals surface area (Å²) in [7, 11) is 0. The van der Waals surface area contributed by atoms with E-state index in [-0.39, 0.29) is 11.5 Å². The summed E-state index contributed by atoms with van der Waals surface area (Å²) >= 11 is 0. The number of carbonyl (C=O) groups excluding carboxylic acids is 1. The molecule has 1 N–H and O–H groups in total. The average Bonchev–Trinajstić information content (AvgIpc) is 2.24. The molecule has 0 saturated heterocycles. The molecule has 0 aromatic carbocycles. The zero-order valence-corrected chi connectivity index (χ0v) is 8.53. The fourth-order valence-electron chi connectivity index (χ4n) is 1.59. The Labute approximate surface area is 92.1 Å². The number of pyridine rings is 1. The van der Waals surface area contributed by atoms with Crippen LogP contribution >= 0.6 is 0 Å². The lowest BCUT2D eigenvalue weighted by Gasteiger charge is -2.35. The molecule has 16 heavy (non-hydrogen) atoms. The first-order valence-electron chi connectivity index (χ1n) is 5.00. The van der Waals surface area contributed by atoms with Crippen molar-refractivity contribution >= 4 is 5.91 Å². The molecular formula is C11H10FN3O. The van der Waals surface area contributed by atoms with Crippen molar-refractivity contribution in [2.24, 2.45) is 0 Å². The van der Waals surface area contributed by atoms with Crippen molar-refractivity contribution < 1.29 is 9.18 Å². The number of hydrogen-bond donors (Lipinski definition) is 1. The Kier molecular flexibility index (Phi) is 2.57. The molecule has 1 amide bonds. The summed E-state index contributed by atoms with van der Waals surface area (Å²) in [6.45, 7) is 0. The highest BCUT2D eigenvalue weighted by Crippen LogP contribution is 2.31. The molecule has 5 heteroatoms. The van der Waals surface area contributed by atoms with E-state index in [0.29, 0.717) is 12.8 Å². The quantitative estimate of drug-likeness (QED) is 0.764. The van der Waals surface area contributed by atoms with E-state index in [9.17, 15) is 9.18 Å². The average molecular weight is 219 g/mol. The molecule has 1 aromatic rings. The molecule has 1 fully saturated rings. The smallest absolute Gasteiger partial charge is 0.254 e. The molecule has 0 radical (unpaired) electrons. The Morgan fingerprint density at radius 1 is 1.56 bits per heavy atom. The number of amides is 1. The Bertz CT molecular complexity index is 445. The van der Waals surface area contributed by atoms with Crippen LogP contribution in [0.5, 0.6) is 0 Å². The Morgan fingerprint density at radius 2 is 2.31 bits per heavy atom. The predicted molar refractivity (Wildman–Crippen MR) is 53.9 cm³/mol. The van der Waals surface area contributed by atoms with E-state index in [1.807, 2.05) is 0 Å². The molecule has 82 valence electrons. The van der Waals surface area contributed by atoms with E-state index >= 15 is 0 Å². The van der Waals surface area contributed by atoms with E-state index in [1.54, 1.807) is 0 Å². The van der Waals surface area contributed by atoms with Crippen LogP contribution in [-0.2, 0) is 0 Å². The highest BCUT2D eigenvalue weighted by molar-refractivity contribution is 5.94. The summed E-state index contributed by atoms with van der Waals surface area (Å²) in [5.41, 5.74) is -0.464. The second-order valence-electron chi connectivity index (χ2n) is 3.87. The number of halogens is 1. The molecule has 2 rings (SSSR count). The lowest BCUT2D eigenvalue weighted by molar-refractivity contribution is 0.0881. The fourth-order valence-corrected chi connectivity index (χ4v) is 1.59. The molecule has 0 spiro atoms. The summed E-state index contributed by atoms with van der Waals surface area (Å²) in [4.78, 5) is 15.1. The van der Waals surface area contributed by atoms with Gasteiger partial charge in [0.1, 0.15) is 5.54 Å². The van der Waals surface area contributed by atoms with Crippen LogP contribution < -0.4 is 5.32 Å². The lowest BCUT2D eigenvalue weighted by atomic mass is 9.78. The number of rotatable bonds is 2. The van der Waals surface area contributed by atoms with Crippen molar-refractivity contribution in [3.63, 3.8) is 0 Å². The summed E-state index contributed by atoms with van der Waals surface area (Å²) in [6.07, 6.45) is 3.44. The summed E-state index contributed by atoms with van der Waals surface area (Å²) in [5, 5.41) is 11.6. The molecule has 1 aliphatic rings. The molecule has 1 saturated carbocycles. The van der Waals surface area contributed by atoms with Gasteiger partial charge in [-0.25, -0.2) is 4.98 Å². The van der Waals surface area contributed by atoms with Gasteiger partial charge in [0.15, 0.2) is 0 Å². The van der Waals surface area contributed by atoms with Crippen LogP contribution in [-0.4, -0.2) is 16.4 Å². The number of hydrogen-bond acceptors (Lipinski definition) is 3. The van der Waals surface area contributed by atoms with Gasteiger partial charge in [0.25, 0.3) is 5.91 Å². The van der Waals surface area contributed by atoms with Gasteiger partial charge in [0.2, 0.25) is 5.95 Å². The SMILES string of the molecule is N#CC1(NC(=O)c2ccc(F)nc2)CCC1. The van der Waals surface area contributed by atoms with E-state index in [4.69, 9.17) is 5.26 Å². The fraction of sp³-hybridized carbons (Fsp3) is 0.364. The molecule has 1 aliphatic carbocycles. The molecule has 0 atom stereocenters. The molecule has 0 aliphatic heterocycles. The third-order valence-electron chi connectivity index (χ3n) is 2.76. The highest BCUT2D eigenvalue weighted by Gasteiger charge is 2.38. The molecular weight excluding hydrogens is 209 g/mol. The van der Waals surface area contributed by atoms with Crippen molar-refractivity contribution in [1.29, 1.82) is 5.26 Å².